The van der Waals surface area contributed by atoms with Gasteiger partial charge in [0.2, 0.25) is 0 Å². The Morgan fingerprint density at radius 2 is 1.91 bits per heavy atom. The van der Waals surface area contributed by atoms with Gasteiger partial charge < -0.3 is 14.5 Å². The number of rotatable bonds is 5. The predicted octanol–water partition coefficient (Wildman–Crippen LogP) is 2.28. The maximum absolute atomic E-state index is 12.5. The molecule has 1 aromatic heterocycles. The first-order chi connectivity index (χ1) is 10.4. The van der Waals surface area contributed by atoms with Crippen molar-refractivity contribution in [3.05, 3.63) is 35.7 Å². The van der Waals surface area contributed by atoms with Gasteiger partial charge in [-0.1, -0.05) is 5.16 Å². The number of carbonyl (C=O) groups is 1. The van der Waals surface area contributed by atoms with Crippen molar-refractivity contribution >= 4 is 5.91 Å². The molecular weight excluding hydrogens is 282 g/mol. The number of benzene rings is 1. The van der Waals surface area contributed by atoms with E-state index in [1.165, 1.54) is 0 Å². The zero-order chi connectivity index (χ0) is 16.3. The van der Waals surface area contributed by atoms with Crippen LogP contribution in [-0.2, 0) is 0 Å². The van der Waals surface area contributed by atoms with Crippen LogP contribution in [0.15, 0.2) is 28.8 Å². The Kier molecular flexibility index (Phi) is 4.92. The molecule has 0 radical (unpaired) electrons. The Labute approximate surface area is 129 Å². The van der Waals surface area contributed by atoms with E-state index in [0.717, 1.165) is 5.56 Å². The lowest BCUT2D eigenvalue weighted by molar-refractivity contribution is 0.0579. The smallest absolute Gasteiger partial charge is 0.257 e. The Morgan fingerprint density at radius 3 is 2.36 bits per heavy atom. The molecule has 0 aliphatic carbocycles. The minimum atomic E-state index is -0.563. The number of aliphatic hydroxyl groups excluding tert-OH is 1. The molecule has 0 aliphatic heterocycles. The largest absolute Gasteiger partial charge is 0.392 e. The van der Waals surface area contributed by atoms with Crippen LogP contribution in [0.1, 0.15) is 37.0 Å². The summed E-state index contributed by atoms with van der Waals surface area (Å²) in [5.41, 5.74) is 1.33. The standard InChI is InChI=1S/C16H21N3O3/c1-10(2)19(9-11(3)20)16(21)14-7-5-13(6-8-14)15-17-12(4)18-22-15/h5-8,10-11,20H,9H2,1-4H3. The van der Waals surface area contributed by atoms with Crippen LogP contribution in [0.2, 0.25) is 0 Å². The van der Waals surface area contributed by atoms with Crippen LogP contribution >= 0.6 is 0 Å². The molecule has 118 valence electrons. The number of aryl methyl sites for hydroxylation is 1. The topological polar surface area (TPSA) is 79.5 Å². The Bertz CT molecular complexity index is 632. The van der Waals surface area contributed by atoms with Crippen LogP contribution < -0.4 is 0 Å². The van der Waals surface area contributed by atoms with E-state index in [0.29, 0.717) is 23.8 Å². The highest BCUT2D eigenvalue weighted by Gasteiger charge is 2.20. The second-order valence-electron chi connectivity index (χ2n) is 5.62. The van der Waals surface area contributed by atoms with Crippen LogP contribution in [0.5, 0.6) is 0 Å². The Balaban J connectivity index is 2.19. The molecule has 6 heteroatoms. The van der Waals surface area contributed by atoms with Crippen LogP contribution in [0, 0.1) is 6.92 Å². The quantitative estimate of drug-likeness (QED) is 0.916. The van der Waals surface area contributed by atoms with E-state index in [9.17, 15) is 9.90 Å². The van der Waals surface area contributed by atoms with E-state index in [-0.39, 0.29) is 11.9 Å². The van der Waals surface area contributed by atoms with E-state index in [4.69, 9.17) is 4.52 Å². The predicted molar refractivity (Wildman–Crippen MR) is 82.3 cm³/mol. The van der Waals surface area contributed by atoms with Gasteiger partial charge in [-0.3, -0.25) is 4.79 Å². The van der Waals surface area contributed by atoms with Crippen molar-refractivity contribution in [3.8, 4) is 11.5 Å². The molecule has 0 fully saturated rings. The van der Waals surface area contributed by atoms with Gasteiger partial charge in [-0.25, -0.2) is 0 Å². The number of nitrogens with zero attached hydrogens (tertiary/aromatic N) is 3. The van der Waals surface area contributed by atoms with Gasteiger partial charge in [0.05, 0.1) is 6.10 Å². The lowest BCUT2D eigenvalue weighted by Gasteiger charge is -2.28. The van der Waals surface area contributed by atoms with Crippen molar-refractivity contribution in [1.82, 2.24) is 15.0 Å². The van der Waals surface area contributed by atoms with Crippen LogP contribution in [0.4, 0.5) is 0 Å². The van der Waals surface area contributed by atoms with E-state index in [2.05, 4.69) is 10.1 Å². The van der Waals surface area contributed by atoms with Gasteiger partial charge in [0, 0.05) is 23.7 Å². The summed E-state index contributed by atoms with van der Waals surface area (Å²) in [6, 6.07) is 7.03. The molecule has 0 bridgehead atoms. The first-order valence-electron chi connectivity index (χ1n) is 7.28. The van der Waals surface area contributed by atoms with Crippen LogP contribution in [0.3, 0.4) is 0 Å². The summed E-state index contributed by atoms with van der Waals surface area (Å²) in [5, 5.41) is 13.3. The van der Waals surface area contributed by atoms with Gasteiger partial charge in [0.1, 0.15) is 0 Å². The SMILES string of the molecule is Cc1noc(-c2ccc(C(=O)N(CC(C)O)C(C)C)cc2)n1. The number of aliphatic hydroxyl groups is 1. The first-order valence-corrected chi connectivity index (χ1v) is 7.28. The third kappa shape index (κ3) is 3.71. The highest BCUT2D eigenvalue weighted by molar-refractivity contribution is 5.94. The summed E-state index contributed by atoms with van der Waals surface area (Å²) in [7, 11) is 0. The van der Waals surface area contributed by atoms with E-state index in [1.54, 1.807) is 43.0 Å². The molecule has 0 spiro atoms. The summed E-state index contributed by atoms with van der Waals surface area (Å²) in [6.45, 7) is 7.58. The zero-order valence-corrected chi connectivity index (χ0v) is 13.3. The third-order valence-electron chi connectivity index (χ3n) is 3.25. The number of hydrogen-bond donors (Lipinski definition) is 1. The zero-order valence-electron chi connectivity index (χ0n) is 13.3. The fourth-order valence-corrected chi connectivity index (χ4v) is 2.15. The van der Waals surface area contributed by atoms with Gasteiger partial charge in [-0.2, -0.15) is 4.98 Å². The maximum atomic E-state index is 12.5. The number of hydrogen-bond acceptors (Lipinski definition) is 5. The third-order valence-corrected chi connectivity index (χ3v) is 3.25. The number of amides is 1. The summed E-state index contributed by atoms with van der Waals surface area (Å²) in [4.78, 5) is 18.3. The van der Waals surface area contributed by atoms with E-state index >= 15 is 0 Å². The maximum Gasteiger partial charge on any atom is 0.257 e. The normalized spacial score (nSPS) is 12.5. The highest BCUT2D eigenvalue weighted by atomic mass is 16.5. The fraction of sp³-hybridized carbons (Fsp3) is 0.438. The van der Waals surface area contributed by atoms with Crippen molar-refractivity contribution < 1.29 is 14.4 Å². The summed E-state index contributed by atoms with van der Waals surface area (Å²) >= 11 is 0. The molecule has 1 aromatic carbocycles. The molecule has 2 aromatic rings. The van der Waals surface area contributed by atoms with Crippen molar-refractivity contribution in [1.29, 1.82) is 0 Å². The van der Waals surface area contributed by atoms with E-state index in [1.807, 2.05) is 13.8 Å². The van der Waals surface area contributed by atoms with Crippen molar-refractivity contribution in [2.75, 3.05) is 6.54 Å². The summed E-state index contributed by atoms with van der Waals surface area (Å²) in [5.74, 6) is 0.892. The molecule has 0 saturated heterocycles. The number of aromatic nitrogens is 2. The van der Waals surface area contributed by atoms with Gasteiger partial charge in [0.25, 0.3) is 11.8 Å². The molecule has 1 heterocycles. The van der Waals surface area contributed by atoms with Crippen molar-refractivity contribution in [2.24, 2.45) is 0 Å². The molecule has 1 atom stereocenters. The minimum Gasteiger partial charge on any atom is -0.392 e. The molecule has 0 aliphatic rings. The van der Waals surface area contributed by atoms with Gasteiger partial charge in [0.15, 0.2) is 5.82 Å². The first kappa shape index (κ1) is 16.2. The van der Waals surface area contributed by atoms with Gasteiger partial charge in [-0.05, 0) is 52.0 Å². The molecular formula is C16H21N3O3. The Hall–Kier alpha value is -2.21. The molecule has 6 nitrogen and oxygen atoms in total. The van der Waals surface area contributed by atoms with Crippen LogP contribution in [-0.4, -0.2) is 44.7 Å². The summed E-state index contributed by atoms with van der Waals surface area (Å²) in [6.07, 6.45) is -0.563. The number of carbonyl (C=O) groups excluding carboxylic acids is 1. The average Bonchev–Trinajstić information content (AvgIpc) is 2.90. The Morgan fingerprint density at radius 1 is 1.27 bits per heavy atom. The highest BCUT2D eigenvalue weighted by Crippen LogP contribution is 2.19. The molecule has 0 saturated carbocycles. The van der Waals surface area contributed by atoms with Crippen molar-refractivity contribution in [2.45, 2.75) is 39.8 Å². The minimum absolute atomic E-state index is 0.0142. The van der Waals surface area contributed by atoms with Crippen LogP contribution in [0.25, 0.3) is 11.5 Å². The van der Waals surface area contributed by atoms with Gasteiger partial charge >= 0.3 is 0 Å². The summed E-state index contributed by atoms with van der Waals surface area (Å²) < 4.78 is 5.10. The second kappa shape index (κ2) is 6.70. The lowest BCUT2D eigenvalue weighted by atomic mass is 10.1. The fourth-order valence-electron chi connectivity index (χ4n) is 2.15. The van der Waals surface area contributed by atoms with E-state index < -0.39 is 6.10 Å². The molecule has 2 rings (SSSR count). The molecule has 1 amide bonds. The van der Waals surface area contributed by atoms with Crippen molar-refractivity contribution in [3.63, 3.8) is 0 Å². The lowest BCUT2D eigenvalue weighted by Crippen LogP contribution is -2.41. The average molecular weight is 303 g/mol. The monoisotopic (exact) mass is 303 g/mol. The molecule has 1 unspecified atom stereocenters. The molecule has 1 N–H and O–H groups in total. The molecule has 22 heavy (non-hydrogen) atoms. The second-order valence-corrected chi connectivity index (χ2v) is 5.62. The van der Waals surface area contributed by atoms with Gasteiger partial charge in [-0.15, -0.1) is 0 Å².